The highest BCUT2D eigenvalue weighted by Gasteiger charge is 2.24. The van der Waals surface area contributed by atoms with Crippen LogP contribution in [0.2, 0.25) is 0 Å². The van der Waals surface area contributed by atoms with Crippen LogP contribution in [-0.2, 0) is 0 Å². The zero-order valence-corrected chi connectivity index (χ0v) is 12.2. The molecule has 1 aromatic rings. The lowest BCUT2D eigenvalue weighted by molar-refractivity contribution is 0.255. The predicted octanol–water partition coefficient (Wildman–Crippen LogP) is 2.55. The van der Waals surface area contributed by atoms with E-state index < -0.39 is 0 Å². The molecule has 0 aromatic heterocycles. The molecule has 1 heterocycles. The molecule has 0 saturated carbocycles. The summed E-state index contributed by atoms with van der Waals surface area (Å²) in [5.41, 5.74) is 7.33. The van der Waals surface area contributed by atoms with Crippen LogP contribution < -0.4 is 5.73 Å². The highest BCUT2D eigenvalue weighted by Crippen LogP contribution is 2.26. The van der Waals surface area contributed by atoms with E-state index in [1.807, 2.05) is 0 Å². The number of thioether (sulfide) groups is 1. The molecule has 3 heteroatoms. The van der Waals surface area contributed by atoms with Gasteiger partial charge in [0.1, 0.15) is 0 Å². The second-order valence-electron chi connectivity index (χ2n) is 5.32. The Morgan fingerprint density at radius 2 is 1.83 bits per heavy atom. The lowest BCUT2D eigenvalue weighted by atomic mass is 9.98. The first-order valence-corrected chi connectivity index (χ1v) is 7.76. The van der Waals surface area contributed by atoms with Crippen LogP contribution in [0.4, 0.5) is 0 Å². The molecule has 1 aromatic carbocycles. The minimum atomic E-state index is 0.466. The molecule has 0 amide bonds. The van der Waals surface area contributed by atoms with Crippen LogP contribution >= 0.6 is 11.8 Å². The third-order valence-corrected chi connectivity index (χ3v) is 4.76. The first-order valence-electron chi connectivity index (χ1n) is 6.82. The fraction of sp³-hybridized carbons (Fsp3) is 0.600. The zero-order valence-electron chi connectivity index (χ0n) is 11.4. The van der Waals surface area contributed by atoms with Gasteiger partial charge in [-0.25, -0.2) is 0 Å². The normalized spacial score (nSPS) is 27.1. The van der Waals surface area contributed by atoms with E-state index in [9.17, 15) is 0 Å². The van der Waals surface area contributed by atoms with Crippen molar-refractivity contribution in [3.05, 3.63) is 35.9 Å². The molecular weight excluding hydrogens is 240 g/mol. The Morgan fingerprint density at radius 1 is 1.22 bits per heavy atom. The van der Waals surface area contributed by atoms with E-state index in [0.717, 1.165) is 23.6 Å². The van der Waals surface area contributed by atoms with Crippen molar-refractivity contribution in [1.82, 2.24) is 4.90 Å². The lowest BCUT2D eigenvalue weighted by Crippen LogP contribution is -2.43. The van der Waals surface area contributed by atoms with Gasteiger partial charge in [-0.15, -0.1) is 0 Å². The second kappa shape index (κ2) is 6.60. The summed E-state index contributed by atoms with van der Waals surface area (Å²) in [5.74, 6) is 0.466. The SMILES string of the molecule is CC1CN(CC(CN)c2ccccc2)CC(C)S1. The van der Waals surface area contributed by atoms with Gasteiger partial charge in [0.15, 0.2) is 0 Å². The Labute approximate surface area is 115 Å². The number of benzene rings is 1. The van der Waals surface area contributed by atoms with Crippen molar-refractivity contribution >= 4 is 11.8 Å². The molecule has 0 bridgehead atoms. The highest BCUT2D eigenvalue weighted by atomic mass is 32.2. The molecule has 2 rings (SSSR count). The number of nitrogens with two attached hydrogens (primary N) is 1. The Bertz CT molecular complexity index is 345. The largest absolute Gasteiger partial charge is 0.330 e. The first-order chi connectivity index (χ1) is 8.69. The van der Waals surface area contributed by atoms with Gasteiger partial charge in [0.25, 0.3) is 0 Å². The van der Waals surface area contributed by atoms with Crippen LogP contribution in [0.15, 0.2) is 30.3 Å². The average Bonchev–Trinajstić information content (AvgIpc) is 2.36. The summed E-state index contributed by atoms with van der Waals surface area (Å²) < 4.78 is 0. The van der Waals surface area contributed by atoms with Crippen molar-refractivity contribution in [3.8, 4) is 0 Å². The van der Waals surface area contributed by atoms with Crippen LogP contribution in [0.25, 0.3) is 0 Å². The Kier molecular flexibility index (Phi) is 5.10. The van der Waals surface area contributed by atoms with E-state index >= 15 is 0 Å². The van der Waals surface area contributed by atoms with Crippen LogP contribution in [-0.4, -0.2) is 41.6 Å². The van der Waals surface area contributed by atoms with Gasteiger partial charge in [0.05, 0.1) is 0 Å². The van der Waals surface area contributed by atoms with E-state index in [1.54, 1.807) is 0 Å². The second-order valence-corrected chi connectivity index (χ2v) is 7.20. The summed E-state index contributed by atoms with van der Waals surface area (Å²) in [5, 5.41) is 1.48. The van der Waals surface area contributed by atoms with Crippen molar-refractivity contribution in [2.75, 3.05) is 26.2 Å². The maximum atomic E-state index is 5.96. The van der Waals surface area contributed by atoms with Crippen molar-refractivity contribution in [2.45, 2.75) is 30.3 Å². The molecule has 2 nitrogen and oxygen atoms in total. The molecule has 3 unspecified atom stereocenters. The van der Waals surface area contributed by atoms with Crippen molar-refractivity contribution in [3.63, 3.8) is 0 Å². The summed E-state index contributed by atoms with van der Waals surface area (Å²) in [6.07, 6.45) is 0. The quantitative estimate of drug-likeness (QED) is 0.906. The standard InChI is InChI=1S/C15H24N2S/c1-12-9-17(10-13(2)18-12)11-15(8-16)14-6-4-3-5-7-14/h3-7,12-13,15H,8-11,16H2,1-2H3. The van der Waals surface area contributed by atoms with Crippen molar-refractivity contribution in [1.29, 1.82) is 0 Å². The maximum absolute atomic E-state index is 5.96. The van der Waals surface area contributed by atoms with Crippen LogP contribution in [0.5, 0.6) is 0 Å². The molecule has 1 aliphatic rings. The molecule has 0 spiro atoms. The molecule has 1 aliphatic heterocycles. The molecule has 2 N–H and O–H groups in total. The third kappa shape index (κ3) is 3.74. The average molecular weight is 264 g/mol. The highest BCUT2D eigenvalue weighted by molar-refractivity contribution is 8.00. The Morgan fingerprint density at radius 3 is 2.39 bits per heavy atom. The van der Waals surface area contributed by atoms with Gasteiger partial charge in [-0.1, -0.05) is 44.2 Å². The summed E-state index contributed by atoms with van der Waals surface area (Å²) in [4.78, 5) is 2.58. The maximum Gasteiger partial charge on any atom is 0.0149 e. The summed E-state index contributed by atoms with van der Waals surface area (Å²) >= 11 is 2.10. The van der Waals surface area contributed by atoms with Gasteiger partial charge in [0, 0.05) is 42.6 Å². The van der Waals surface area contributed by atoms with Gasteiger partial charge in [-0.05, 0) is 5.56 Å². The van der Waals surface area contributed by atoms with Crippen LogP contribution in [0.3, 0.4) is 0 Å². The van der Waals surface area contributed by atoms with Crippen LogP contribution in [0.1, 0.15) is 25.3 Å². The van der Waals surface area contributed by atoms with E-state index in [4.69, 9.17) is 5.73 Å². The van der Waals surface area contributed by atoms with Gasteiger partial charge < -0.3 is 10.6 Å². The van der Waals surface area contributed by atoms with E-state index in [2.05, 4.69) is 60.8 Å². The molecule has 18 heavy (non-hydrogen) atoms. The van der Waals surface area contributed by atoms with Gasteiger partial charge in [0.2, 0.25) is 0 Å². The number of rotatable bonds is 4. The Balaban J connectivity index is 1.98. The lowest BCUT2D eigenvalue weighted by Gasteiger charge is -2.36. The monoisotopic (exact) mass is 264 g/mol. The van der Waals surface area contributed by atoms with Crippen molar-refractivity contribution < 1.29 is 0 Å². The zero-order chi connectivity index (χ0) is 13.0. The summed E-state index contributed by atoms with van der Waals surface area (Å²) in [6.45, 7) is 8.86. The number of nitrogens with zero attached hydrogens (tertiary/aromatic N) is 1. The van der Waals surface area contributed by atoms with Crippen LogP contribution in [0, 0.1) is 0 Å². The van der Waals surface area contributed by atoms with Gasteiger partial charge in [-0.3, -0.25) is 0 Å². The predicted molar refractivity (Wildman–Crippen MR) is 81.2 cm³/mol. The van der Waals surface area contributed by atoms with E-state index in [1.165, 1.54) is 18.7 Å². The fourth-order valence-electron chi connectivity index (χ4n) is 2.79. The summed E-state index contributed by atoms with van der Waals surface area (Å²) in [7, 11) is 0. The molecule has 0 radical (unpaired) electrons. The van der Waals surface area contributed by atoms with E-state index in [-0.39, 0.29) is 0 Å². The molecular formula is C15H24N2S. The minimum absolute atomic E-state index is 0.466. The number of hydrogen-bond acceptors (Lipinski definition) is 3. The van der Waals surface area contributed by atoms with Crippen molar-refractivity contribution in [2.24, 2.45) is 5.73 Å². The minimum Gasteiger partial charge on any atom is -0.330 e. The molecule has 1 saturated heterocycles. The molecule has 100 valence electrons. The molecule has 0 aliphatic carbocycles. The van der Waals surface area contributed by atoms with Gasteiger partial charge in [-0.2, -0.15) is 11.8 Å². The Hall–Kier alpha value is -0.510. The smallest absolute Gasteiger partial charge is 0.0149 e. The topological polar surface area (TPSA) is 29.3 Å². The molecule has 3 atom stereocenters. The third-order valence-electron chi connectivity index (χ3n) is 3.53. The fourth-order valence-corrected chi connectivity index (χ4v) is 4.17. The van der Waals surface area contributed by atoms with E-state index in [0.29, 0.717) is 5.92 Å². The number of hydrogen-bond donors (Lipinski definition) is 1. The molecule has 1 fully saturated rings. The van der Waals surface area contributed by atoms with Gasteiger partial charge >= 0.3 is 0 Å². The summed E-state index contributed by atoms with van der Waals surface area (Å²) in [6, 6.07) is 10.7. The first kappa shape index (κ1) is 13.9.